The van der Waals surface area contributed by atoms with E-state index in [-0.39, 0.29) is 0 Å². The third-order valence-corrected chi connectivity index (χ3v) is 2.79. The van der Waals surface area contributed by atoms with Crippen LogP contribution in [0.2, 0.25) is 0 Å². The van der Waals surface area contributed by atoms with Crippen molar-refractivity contribution in [3.05, 3.63) is 0 Å². The molecule has 0 aliphatic heterocycles. The maximum atomic E-state index is 5.90. The summed E-state index contributed by atoms with van der Waals surface area (Å²) in [6, 6.07) is 1.18. The van der Waals surface area contributed by atoms with E-state index in [0.29, 0.717) is 11.5 Å². The quantitative estimate of drug-likeness (QED) is 0.709. The Morgan fingerprint density at radius 1 is 1.31 bits per heavy atom. The van der Waals surface area contributed by atoms with Crippen molar-refractivity contribution < 1.29 is 0 Å². The highest BCUT2D eigenvalue weighted by Gasteiger charge is 2.27. The molecule has 1 fully saturated rings. The van der Waals surface area contributed by atoms with Crippen LogP contribution in [0, 0.1) is 5.41 Å². The van der Waals surface area contributed by atoms with E-state index in [1.807, 2.05) is 0 Å². The van der Waals surface area contributed by atoms with E-state index in [9.17, 15) is 0 Å². The molecule has 0 aromatic rings. The van der Waals surface area contributed by atoms with Gasteiger partial charge in [0.05, 0.1) is 0 Å². The van der Waals surface area contributed by atoms with Crippen molar-refractivity contribution in [2.45, 2.75) is 52.1 Å². The zero-order valence-electron chi connectivity index (χ0n) is 9.51. The van der Waals surface area contributed by atoms with E-state index in [4.69, 9.17) is 5.73 Å². The van der Waals surface area contributed by atoms with Gasteiger partial charge in [-0.15, -0.1) is 0 Å². The number of hydrogen-bond acceptors (Lipinski definition) is 2. The lowest BCUT2D eigenvalue weighted by Gasteiger charge is -2.31. The first-order valence-electron chi connectivity index (χ1n) is 5.34. The van der Waals surface area contributed by atoms with Crippen LogP contribution >= 0.6 is 0 Å². The molecule has 0 spiro atoms. The Bertz CT molecular complexity index is 160. The van der Waals surface area contributed by atoms with Crippen LogP contribution in [0.1, 0.15) is 40.0 Å². The zero-order chi connectivity index (χ0) is 10.1. The van der Waals surface area contributed by atoms with E-state index < -0.39 is 0 Å². The van der Waals surface area contributed by atoms with E-state index >= 15 is 0 Å². The summed E-state index contributed by atoms with van der Waals surface area (Å²) in [5.41, 5.74) is 6.30. The predicted molar refractivity (Wildman–Crippen MR) is 57.7 cm³/mol. The van der Waals surface area contributed by atoms with Gasteiger partial charge in [-0.3, -0.25) is 0 Å². The fourth-order valence-electron chi connectivity index (χ4n) is 2.27. The van der Waals surface area contributed by atoms with Crippen LogP contribution in [0.3, 0.4) is 0 Å². The summed E-state index contributed by atoms with van der Waals surface area (Å²) in [5.74, 6) is 0. The Balaban J connectivity index is 2.36. The molecule has 1 saturated carbocycles. The summed E-state index contributed by atoms with van der Waals surface area (Å²) in [4.78, 5) is 2.48. The maximum Gasteiger partial charge on any atom is 0.0108 e. The Kier molecular flexibility index (Phi) is 3.36. The highest BCUT2D eigenvalue weighted by molar-refractivity contribution is 4.84. The fourth-order valence-corrected chi connectivity index (χ4v) is 2.27. The van der Waals surface area contributed by atoms with Gasteiger partial charge in [0.15, 0.2) is 0 Å². The molecule has 0 radical (unpaired) electrons. The molecule has 0 amide bonds. The summed E-state index contributed by atoms with van der Waals surface area (Å²) < 4.78 is 0. The highest BCUT2D eigenvalue weighted by atomic mass is 15.1. The van der Waals surface area contributed by atoms with Crippen LogP contribution in [0.5, 0.6) is 0 Å². The largest absolute Gasteiger partial charge is 0.328 e. The van der Waals surface area contributed by atoms with Crippen LogP contribution in [0.25, 0.3) is 0 Å². The van der Waals surface area contributed by atoms with Crippen molar-refractivity contribution in [2.75, 3.05) is 13.6 Å². The fraction of sp³-hybridized carbons (Fsp3) is 1.00. The molecule has 2 atom stereocenters. The normalized spacial score (nSPS) is 30.0. The Labute approximate surface area is 82.5 Å². The minimum absolute atomic E-state index is 0.404. The van der Waals surface area contributed by atoms with Gasteiger partial charge in [-0.2, -0.15) is 0 Å². The molecule has 0 aromatic heterocycles. The minimum atomic E-state index is 0.404. The minimum Gasteiger partial charge on any atom is -0.328 e. The number of hydrogen-bond donors (Lipinski definition) is 1. The first kappa shape index (κ1) is 11.0. The summed E-state index contributed by atoms with van der Waals surface area (Å²) in [6.45, 7) is 8.04. The second-order valence-electron chi connectivity index (χ2n) is 5.70. The van der Waals surface area contributed by atoms with E-state index in [2.05, 4.69) is 32.7 Å². The number of nitrogens with two attached hydrogens (primary N) is 1. The SMILES string of the molecule is CN(CC(C)(C)C)C1CCC(N)C1. The maximum absolute atomic E-state index is 5.90. The van der Waals surface area contributed by atoms with Gasteiger partial charge in [0.2, 0.25) is 0 Å². The lowest BCUT2D eigenvalue weighted by molar-refractivity contribution is 0.173. The topological polar surface area (TPSA) is 29.3 Å². The number of rotatable bonds is 2. The second-order valence-corrected chi connectivity index (χ2v) is 5.70. The lowest BCUT2D eigenvalue weighted by Crippen LogP contribution is -2.37. The first-order valence-corrected chi connectivity index (χ1v) is 5.34. The molecule has 0 bridgehead atoms. The van der Waals surface area contributed by atoms with Crippen LogP contribution < -0.4 is 5.73 Å². The van der Waals surface area contributed by atoms with E-state index in [1.54, 1.807) is 0 Å². The molecule has 0 saturated heterocycles. The summed E-state index contributed by atoms with van der Waals surface area (Å²) in [5, 5.41) is 0. The Morgan fingerprint density at radius 2 is 1.92 bits per heavy atom. The number of nitrogens with zero attached hydrogens (tertiary/aromatic N) is 1. The summed E-state index contributed by atoms with van der Waals surface area (Å²) in [6.07, 6.45) is 3.68. The molecule has 2 heteroatoms. The third-order valence-electron chi connectivity index (χ3n) is 2.79. The molecule has 2 N–H and O–H groups in total. The molecule has 1 aliphatic rings. The van der Waals surface area contributed by atoms with Crippen molar-refractivity contribution in [1.29, 1.82) is 0 Å². The molecule has 2 nitrogen and oxygen atoms in total. The molecule has 1 rings (SSSR count). The Hall–Kier alpha value is -0.0800. The van der Waals surface area contributed by atoms with E-state index in [1.165, 1.54) is 25.8 Å². The van der Waals surface area contributed by atoms with Crippen LogP contribution in [-0.4, -0.2) is 30.6 Å². The molecular weight excluding hydrogens is 160 g/mol. The van der Waals surface area contributed by atoms with Crippen LogP contribution in [-0.2, 0) is 0 Å². The standard InChI is InChI=1S/C11H24N2/c1-11(2,3)8-13(4)10-6-5-9(12)7-10/h9-10H,5-8,12H2,1-4H3. The van der Waals surface area contributed by atoms with Gasteiger partial charge in [-0.05, 0) is 31.7 Å². The van der Waals surface area contributed by atoms with Gasteiger partial charge in [0.25, 0.3) is 0 Å². The van der Waals surface area contributed by atoms with Crippen molar-refractivity contribution in [3.8, 4) is 0 Å². The average Bonchev–Trinajstić information content (AvgIpc) is 2.31. The summed E-state index contributed by atoms with van der Waals surface area (Å²) in [7, 11) is 2.23. The van der Waals surface area contributed by atoms with Crippen molar-refractivity contribution in [3.63, 3.8) is 0 Å². The third kappa shape index (κ3) is 3.65. The smallest absolute Gasteiger partial charge is 0.0108 e. The van der Waals surface area contributed by atoms with E-state index in [0.717, 1.165) is 6.04 Å². The molecule has 0 aromatic carbocycles. The van der Waals surface area contributed by atoms with Crippen molar-refractivity contribution in [1.82, 2.24) is 4.90 Å². The van der Waals surface area contributed by atoms with Gasteiger partial charge in [0, 0.05) is 18.6 Å². The Morgan fingerprint density at radius 3 is 2.31 bits per heavy atom. The molecule has 2 unspecified atom stereocenters. The van der Waals surface area contributed by atoms with Crippen LogP contribution in [0.15, 0.2) is 0 Å². The molecule has 0 heterocycles. The highest BCUT2D eigenvalue weighted by Crippen LogP contribution is 2.24. The lowest BCUT2D eigenvalue weighted by atomic mass is 9.95. The van der Waals surface area contributed by atoms with Gasteiger partial charge in [-0.25, -0.2) is 0 Å². The zero-order valence-corrected chi connectivity index (χ0v) is 9.51. The average molecular weight is 184 g/mol. The predicted octanol–water partition coefficient (Wildman–Crippen LogP) is 1.84. The van der Waals surface area contributed by atoms with Crippen LogP contribution in [0.4, 0.5) is 0 Å². The van der Waals surface area contributed by atoms with Gasteiger partial charge < -0.3 is 10.6 Å². The van der Waals surface area contributed by atoms with Gasteiger partial charge in [0.1, 0.15) is 0 Å². The van der Waals surface area contributed by atoms with Gasteiger partial charge >= 0.3 is 0 Å². The molecular formula is C11H24N2. The van der Waals surface area contributed by atoms with Crippen molar-refractivity contribution >= 4 is 0 Å². The van der Waals surface area contributed by atoms with Gasteiger partial charge in [-0.1, -0.05) is 20.8 Å². The molecule has 1 aliphatic carbocycles. The summed E-state index contributed by atoms with van der Waals surface area (Å²) >= 11 is 0. The molecule has 78 valence electrons. The molecule has 13 heavy (non-hydrogen) atoms. The van der Waals surface area contributed by atoms with Crippen molar-refractivity contribution in [2.24, 2.45) is 11.1 Å². The monoisotopic (exact) mass is 184 g/mol. The second kappa shape index (κ2) is 3.97. The first-order chi connectivity index (χ1) is 5.88.